The van der Waals surface area contributed by atoms with Crippen LogP contribution < -0.4 is 0 Å². The fourth-order valence-electron chi connectivity index (χ4n) is 3.08. The lowest BCUT2D eigenvalue weighted by Crippen LogP contribution is -2.56. The lowest BCUT2D eigenvalue weighted by Gasteiger charge is -2.45. The normalized spacial score (nSPS) is 21.7. The van der Waals surface area contributed by atoms with Gasteiger partial charge in [-0.1, -0.05) is 20.8 Å². The summed E-state index contributed by atoms with van der Waals surface area (Å²) in [7, 11) is 0. The van der Waals surface area contributed by atoms with Gasteiger partial charge in [0.2, 0.25) is 5.91 Å². The van der Waals surface area contributed by atoms with Gasteiger partial charge in [-0.3, -0.25) is 4.79 Å². The van der Waals surface area contributed by atoms with E-state index in [1.54, 1.807) is 4.90 Å². The molecule has 2 amide bonds. The van der Waals surface area contributed by atoms with Crippen molar-refractivity contribution in [3.8, 4) is 0 Å². The third-order valence-corrected chi connectivity index (χ3v) is 5.81. The molecule has 0 unspecified atom stereocenters. The molecule has 0 saturated carbocycles. The molecular formula is C17H30N2O3S. The van der Waals surface area contributed by atoms with E-state index in [1.807, 2.05) is 53.3 Å². The minimum atomic E-state index is -0.470. The maximum absolute atomic E-state index is 12.8. The van der Waals surface area contributed by atoms with Crippen molar-refractivity contribution in [3.63, 3.8) is 0 Å². The number of carbonyl (C=O) groups is 2. The summed E-state index contributed by atoms with van der Waals surface area (Å²) in [5.41, 5.74) is -0.831. The molecule has 6 heteroatoms. The van der Waals surface area contributed by atoms with E-state index < -0.39 is 5.60 Å². The third-order valence-electron chi connectivity index (χ3n) is 4.26. The Morgan fingerprint density at radius 2 is 1.57 bits per heavy atom. The molecule has 2 aliphatic rings. The van der Waals surface area contributed by atoms with Crippen LogP contribution in [0.4, 0.5) is 4.79 Å². The second kappa shape index (κ2) is 6.19. The number of ether oxygens (including phenoxy) is 1. The van der Waals surface area contributed by atoms with Gasteiger partial charge in [0.15, 0.2) is 0 Å². The highest BCUT2D eigenvalue weighted by Crippen LogP contribution is 2.45. The van der Waals surface area contributed by atoms with E-state index in [0.717, 1.165) is 25.1 Å². The Balaban J connectivity index is 2.02. The van der Waals surface area contributed by atoms with Crippen molar-refractivity contribution in [1.29, 1.82) is 0 Å². The SMILES string of the molecule is CC(C)(C)OC(=O)N1CCC2(CC1)SCCN2C(=O)C(C)(C)C. The quantitative estimate of drug-likeness (QED) is 0.677. The molecule has 2 saturated heterocycles. The highest BCUT2D eigenvalue weighted by molar-refractivity contribution is 8.00. The Morgan fingerprint density at radius 1 is 1.00 bits per heavy atom. The monoisotopic (exact) mass is 342 g/mol. The minimum Gasteiger partial charge on any atom is -0.444 e. The molecule has 0 aromatic heterocycles. The van der Waals surface area contributed by atoms with E-state index in [4.69, 9.17) is 4.74 Å². The zero-order chi connectivity index (χ0) is 17.5. The number of thioether (sulfide) groups is 1. The van der Waals surface area contributed by atoms with Crippen molar-refractivity contribution in [3.05, 3.63) is 0 Å². The standard InChI is InChI=1S/C17H30N2O3S/c1-15(2,3)13(20)19-11-12-23-17(19)7-9-18(10-8-17)14(21)22-16(4,5)6/h7-12H2,1-6H3. The van der Waals surface area contributed by atoms with Crippen LogP contribution in [-0.2, 0) is 9.53 Å². The lowest BCUT2D eigenvalue weighted by atomic mass is 9.92. The summed E-state index contributed by atoms with van der Waals surface area (Å²) in [6, 6.07) is 0. The molecule has 0 aromatic carbocycles. The topological polar surface area (TPSA) is 49.9 Å². The highest BCUT2D eigenvalue weighted by Gasteiger charge is 2.49. The number of hydrogen-bond donors (Lipinski definition) is 0. The molecular weight excluding hydrogens is 312 g/mol. The first-order chi connectivity index (χ1) is 10.4. The van der Waals surface area contributed by atoms with Gasteiger partial charge in [0.05, 0.1) is 4.87 Å². The van der Waals surface area contributed by atoms with Crippen molar-refractivity contribution in [1.82, 2.24) is 9.80 Å². The van der Waals surface area contributed by atoms with Crippen LogP contribution in [0.1, 0.15) is 54.4 Å². The number of hydrogen-bond acceptors (Lipinski definition) is 4. The molecule has 5 nitrogen and oxygen atoms in total. The van der Waals surface area contributed by atoms with Gasteiger partial charge in [0, 0.05) is 30.8 Å². The van der Waals surface area contributed by atoms with Crippen molar-refractivity contribution >= 4 is 23.8 Å². The molecule has 2 heterocycles. The smallest absolute Gasteiger partial charge is 0.410 e. The van der Waals surface area contributed by atoms with Crippen LogP contribution in [-0.4, -0.2) is 57.7 Å². The molecule has 132 valence electrons. The van der Waals surface area contributed by atoms with E-state index in [0.29, 0.717) is 13.1 Å². The number of piperidine rings is 1. The van der Waals surface area contributed by atoms with Crippen molar-refractivity contribution < 1.29 is 14.3 Å². The van der Waals surface area contributed by atoms with Crippen LogP contribution in [0.3, 0.4) is 0 Å². The number of rotatable bonds is 0. The van der Waals surface area contributed by atoms with Gasteiger partial charge in [-0.05, 0) is 33.6 Å². The number of amides is 2. The van der Waals surface area contributed by atoms with Gasteiger partial charge >= 0.3 is 6.09 Å². The molecule has 2 aliphatic heterocycles. The summed E-state index contributed by atoms with van der Waals surface area (Å²) < 4.78 is 5.46. The Morgan fingerprint density at radius 3 is 2.04 bits per heavy atom. The lowest BCUT2D eigenvalue weighted by molar-refractivity contribution is -0.143. The Labute approximate surface area is 144 Å². The average Bonchev–Trinajstić information content (AvgIpc) is 2.78. The van der Waals surface area contributed by atoms with E-state index in [1.165, 1.54) is 0 Å². The van der Waals surface area contributed by atoms with Gasteiger partial charge in [0.1, 0.15) is 5.60 Å². The predicted octanol–water partition coefficient (Wildman–Crippen LogP) is 3.34. The largest absolute Gasteiger partial charge is 0.444 e. The fraction of sp³-hybridized carbons (Fsp3) is 0.882. The van der Waals surface area contributed by atoms with Crippen LogP contribution in [0.25, 0.3) is 0 Å². The molecule has 2 rings (SSSR count). The highest BCUT2D eigenvalue weighted by atomic mass is 32.2. The van der Waals surface area contributed by atoms with E-state index in [9.17, 15) is 9.59 Å². The summed E-state index contributed by atoms with van der Waals surface area (Å²) in [6.45, 7) is 13.7. The third kappa shape index (κ3) is 4.14. The second-order valence-corrected chi connectivity index (χ2v) is 9.93. The molecule has 0 N–H and O–H groups in total. The molecule has 2 fully saturated rings. The number of carbonyl (C=O) groups excluding carboxylic acids is 2. The molecule has 0 aromatic rings. The van der Waals surface area contributed by atoms with Gasteiger partial charge in [-0.15, -0.1) is 11.8 Å². The summed E-state index contributed by atoms with van der Waals surface area (Å²) in [4.78, 5) is 28.7. The fourth-order valence-corrected chi connectivity index (χ4v) is 4.53. The van der Waals surface area contributed by atoms with Crippen LogP contribution in [0, 0.1) is 5.41 Å². The van der Waals surface area contributed by atoms with Gasteiger partial charge in [-0.25, -0.2) is 4.79 Å². The van der Waals surface area contributed by atoms with Gasteiger partial charge < -0.3 is 14.5 Å². The summed E-state index contributed by atoms with van der Waals surface area (Å²) in [6.07, 6.45) is 1.39. The van der Waals surface area contributed by atoms with Gasteiger partial charge in [-0.2, -0.15) is 0 Å². The Bertz CT molecular complexity index is 471. The van der Waals surface area contributed by atoms with E-state index in [2.05, 4.69) is 4.90 Å². The molecule has 1 spiro atoms. The van der Waals surface area contributed by atoms with Gasteiger partial charge in [0.25, 0.3) is 0 Å². The van der Waals surface area contributed by atoms with Crippen LogP contribution in [0.5, 0.6) is 0 Å². The van der Waals surface area contributed by atoms with Crippen molar-refractivity contribution in [2.45, 2.75) is 64.9 Å². The van der Waals surface area contributed by atoms with Crippen molar-refractivity contribution in [2.24, 2.45) is 5.41 Å². The molecule has 0 atom stereocenters. The predicted molar refractivity (Wildman–Crippen MR) is 93.4 cm³/mol. The summed E-state index contributed by atoms with van der Waals surface area (Å²) >= 11 is 1.87. The minimum absolute atomic E-state index is 0.136. The van der Waals surface area contributed by atoms with Crippen LogP contribution in [0.15, 0.2) is 0 Å². The zero-order valence-corrected chi connectivity index (χ0v) is 16.1. The van der Waals surface area contributed by atoms with Crippen LogP contribution >= 0.6 is 11.8 Å². The summed E-state index contributed by atoms with van der Waals surface area (Å²) in [5, 5.41) is 0. The summed E-state index contributed by atoms with van der Waals surface area (Å²) in [5.74, 6) is 1.20. The van der Waals surface area contributed by atoms with E-state index in [-0.39, 0.29) is 22.3 Å². The Kier molecular flexibility index (Phi) is 4.96. The molecule has 0 bridgehead atoms. The Hall–Kier alpha value is -0.910. The average molecular weight is 343 g/mol. The number of likely N-dealkylation sites (tertiary alicyclic amines) is 1. The molecule has 0 radical (unpaired) electrons. The van der Waals surface area contributed by atoms with Crippen molar-refractivity contribution in [2.75, 3.05) is 25.4 Å². The first-order valence-electron chi connectivity index (χ1n) is 8.39. The molecule has 0 aliphatic carbocycles. The van der Waals surface area contributed by atoms with Crippen LogP contribution in [0.2, 0.25) is 0 Å². The maximum atomic E-state index is 12.8. The molecule has 23 heavy (non-hydrogen) atoms. The first-order valence-corrected chi connectivity index (χ1v) is 9.37. The maximum Gasteiger partial charge on any atom is 0.410 e. The second-order valence-electron chi connectivity index (χ2n) is 8.47. The number of nitrogens with zero attached hydrogens (tertiary/aromatic N) is 2. The first kappa shape index (κ1) is 18.4. The zero-order valence-electron chi connectivity index (χ0n) is 15.3. The van der Waals surface area contributed by atoms with E-state index >= 15 is 0 Å².